The van der Waals surface area contributed by atoms with Crippen molar-refractivity contribution in [3.05, 3.63) is 33.8 Å². The van der Waals surface area contributed by atoms with Gasteiger partial charge in [0.15, 0.2) is 0 Å². The minimum atomic E-state index is -1.69. The molecule has 1 aromatic carbocycles. The van der Waals surface area contributed by atoms with Gasteiger partial charge < -0.3 is 14.6 Å². The maximum Gasteiger partial charge on any atom is 0.345 e. The van der Waals surface area contributed by atoms with E-state index in [4.69, 9.17) is 9.47 Å². The summed E-state index contributed by atoms with van der Waals surface area (Å²) >= 11 is 3.34. The molecule has 4 nitrogen and oxygen atoms in total. The number of aliphatic hydroxyl groups is 1. The van der Waals surface area contributed by atoms with E-state index in [1.165, 1.54) is 0 Å². The number of ether oxygens (including phenoxy) is 2. The number of hydrogen-bond donors (Lipinski definition) is 1. The van der Waals surface area contributed by atoms with Crippen LogP contribution in [0.15, 0.2) is 22.7 Å². The second kappa shape index (κ2) is 4.76. The second-order valence-electron chi connectivity index (χ2n) is 3.88. The van der Waals surface area contributed by atoms with Gasteiger partial charge >= 0.3 is 5.97 Å². The lowest BCUT2D eigenvalue weighted by Gasteiger charge is -2.32. The minimum Gasteiger partial charge on any atom is -0.464 e. The van der Waals surface area contributed by atoms with Crippen LogP contribution in [0.25, 0.3) is 0 Å². The number of fused-ring (bicyclic) bond motifs is 1. The zero-order chi connectivity index (χ0) is 12.5. The Labute approximate surface area is 108 Å². The number of halogens is 1. The Hall–Kier alpha value is -0.910. The van der Waals surface area contributed by atoms with Crippen molar-refractivity contribution in [3.63, 3.8) is 0 Å². The number of carbonyl (C=O) groups is 1. The van der Waals surface area contributed by atoms with Crippen molar-refractivity contribution in [2.75, 3.05) is 13.2 Å². The molecule has 0 aliphatic carbocycles. The zero-order valence-corrected chi connectivity index (χ0v) is 11.0. The van der Waals surface area contributed by atoms with E-state index in [0.29, 0.717) is 12.2 Å². The predicted molar refractivity (Wildman–Crippen MR) is 64.3 cm³/mol. The van der Waals surface area contributed by atoms with Gasteiger partial charge in [0.1, 0.15) is 0 Å². The van der Waals surface area contributed by atoms with E-state index in [9.17, 15) is 9.90 Å². The van der Waals surface area contributed by atoms with Crippen LogP contribution in [0, 0.1) is 0 Å². The third-order valence-corrected chi connectivity index (χ3v) is 3.19. The van der Waals surface area contributed by atoms with Crippen LogP contribution in [-0.4, -0.2) is 24.3 Å². The summed E-state index contributed by atoms with van der Waals surface area (Å²) in [7, 11) is 0. The van der Waals surface area contributed by atoms with Crippen molar-refractivity contribution in [1.29, 1.82) is 0 Å². The van der Waals surface area contributed by atoms with Crippen molar-refractivity contribution in [2.24, 2.45) is 0 Å². The summed E-state index contributed by atoms with van der Waals surface area (Å²) in [5, 5.41) is 10.4. The SMILES string of the molecule is CCOC(=O)[C@@]1(O)COCc2cc(Br)ccc21. The zero-order valence-electron chi connectivity index (χ0n) is 9.40. The van der Waals surface area contributed by atoms with Crippen molar-refractivity contribution in [2.45, 2.75) is 19.1 Å². The fourth-order valence-electron chi connectivity index (χ4n) is 1.89. The average Bonchev–Trinajstić information content (AvgIpc) is 2.29. The molecule has 1 N–H and O–H groups in total. The molecule has 92 valence electrons. The Morgan fingerprint density at radius 1 is 1.65 bits per heavy atom. The molecule has 2 rings (SSSR count). The molecule has 1 heterocycles. The summed E-state index contributed by atoms with van der Waals surface area (Å²) in [5.41, 5.74) is -0.337. The van der Waals surface area contributed by atoms with Crippen LogP contribution in [-0.2, 0) is 26.5 Å². The van der Waals surface area contributed by atoms with Gasteiger partial charge in [-0.2, -0.15) is 0 Å². The van der Waals surface area contributed by atoms with E-state index in [2.05, 4.69) is 15.9 Å². The van der Waals surface area contributed by atoms with E-state index in [1.54, 1.807) is 19.1 Å². The molecule has 1 atom stereocenters. The molecule has 0 radical (unpaired) electrons. The highest BCUT2D eigenvalue weighted by Crippen LogP contribution is 2.33. The molecule has 0 amide bonds. The van der Waals surface area contributed by atoms with Gasteiger partial charge in [0.25, 0.3) is 0 Å². The molecule has 1 aliphatic rings. The Morgan fingerprint density at radius 3 is 3.12 bits per heavy atom. The topological polar surface area (TPSA) is 55.8 Å². The maximum absolute atomic E-state index is 11.8. The van der Waals surface area contributed by atoms with Crippen LogP contribution in [0.5, 0.6) is 0 Å². The molecule has 0 aromatic heterocycles. The van der Waals surface area contributed by atoms with Gasteiger partial charge in [0.2, 0.25) is 5.60 Å². The molecule has 0 saturated carbocycles. The van der Waals surface area contributed by atoms with E-state index in [-0.39, 0.29) is 13.2 Å². The standard InChI is InChI=1S/C12H13BrO4/c1-2-17-11(14)12(15)7-16-6-8-5-9(13)3-4-10(8)12/h3-5,15H,2,6-7H2,1H3/t12-/m1/s1. The van der Waals surface area contributed by atoms with Crippen molar-refractivity contribution >= 4 is 21.9 Å². The Morgan fingerprint density at radius 2 is 2.41 bits per heavy atom. The molecule has 0 fully saturated rings. The first-order chi connectivity index (χ1) is 8.08. The van der Waals surface area contributed by atoms with Crippen LogP contribution < -0.4 is 0 Å². The highest BCUT2D eigenvalue weighted by atomic mass is 79.9. The molecular formula is C12H13BrO4. The summed E-state index contributed by atoms with van der Waals surface area (Å²) < 4.78 is 11.0. The van der Waals surface area contributed by atoms with Crippen molar-refractivity contribution in [1.82, 2.24) is 0 Å². The van der Waals surface area contributed by atoms with Gasteiger partial charge in [0.05, 0.1) is 19.8 Å². The number of benzene rings is 1. The van der Waals surface area contributed by atoms with Gasteiger partial charge in [-0.3, -0.25) is 0 Å². The van der Waals surface area contributed by atoms with E-state index >= 15 is 0 Å². The largest absolute Gasteiger partial charge is 0.464 e. The lowest BCUT2D eigenvalue weighted by molar-refractivity contribution is -0.176. The van der Waals surface area contributed by atoms with E-state index < -0.39 is 11.6 Å². The van der Waals surface area contributed by atoms with Crippen LogP contribution in [0.4, 0.5) is 0 Å². The first-order valence-electron chi connectivity index (χ1n) is 5.34. The average molecular weight is 301 g/mol. The number of rotatable bonds is 2. The molecule has 1 aromatic rings. The molecular weight excluding hydrogens is 288 g/mol. The first kappa shape index (κ1) is 12.5. The first-order valence-corrected chi connectivity index (χ1v) is 6.13. The van der Waals surface area contributed by atoms with Crippen LogP contribution in [0.2, 0.25) is 0 Å². The monoisotopic (exact) mass is 300 g/mol. The van der Waals surface area contributed by atoms with Gasteiger partial charge in [-0.15, -0.1) is 0 Å². The molecule has 0 spiro atoms. The Kier molecular flexibility index (Phi) is 3.51. The summed E-state index contributed by atoms with van der Waals surface area (Å²) in [6.45, 7) is 2.25. The highest BCUT2D eigenvalue weighted by Gasteiger charge is 2.43. The Balaban J connectivity index is 2.43. The summed E-state index contributed by atoms with van der Waals surface area (Å²) in [6, 6.07) is 5.34. The highest BCUT2D eigenvalue weighted by molar-refractivity contribution is 9.10. The predicted octanol–water partition coefficient (Wildman–Crippen LogP) is 1.73. The molecule has 5 heteroatoms. The van der Waals surface area contributed by atoms with E-state index in [1.807, 2.05) is 6.07 Å². The van der Waals surface area contributed by atoms with Gasteiger partial charge in [0, 0.05) is 10.0 Å². The quantitative estimate of drug-likeness (QED) is 0.845. The molecule has 1 aliphatic heterocycles. The lowest BCUT2D eigenvalue weighted by atomic mass is 9.89. The van der Waals surface area contributed by atoms with Crippen molar-refractivity contribution < 1.29 is 19.4 Å². The second-order valence-corrected chi connectivity index (χ2v) is 4.79. The molecule has 0 bridgehead atoms. The van der Waals surface area contributed by atoms with Crippen LogP contribution >= 0.6 is 15.9 Å². The normalized spacial score (nSPS) is 23.0. The number of hydrogen-bond acceptors (Lipinski definition) is 4. The smallest absolute Gasteiger partial charge is 0.345 e. The van der Waals surface area contributed by atoms with E-state index in [0.717, 1.165) is 10.0 Å². The lowest BCUT2D eigenvalue weighted by Crippen LogP contribution is -2.44. The number of carbonyl (C=O) groups excluding carboxylic acids is 1. The van der Waals surface area contributed by atoms with Crippen LogP contribution in [0.3, 0.4) is 0 Å². The number of esters is 1. The fraction of sp³-hybridized carbons (Fsp3) is 0.417. The van der Waals surface area contributed by atoms with Gasteiger partial charge in [-0.25, -0.2) is 4.79 Å². The molecule has 0 saturated heterocycles. The van der Waals surface area contributed by atoms with Gasteiger partial charge in [-0.1, -0.05) is 22.0 Å². The van der Waals surface area contributed by atoms with Gasteiger partial charge in [-0.05, 0) is 24.6 Å². The fourth-order valence-corrected chi connectivity index (χ4v) is 2.30. The summed E-state index contributed by atoms with van der Waals surface area (Å²) in [6.07, 6.45) is 0. The summed E-state index contributed by atoms with van der Waals surface area (Å²) in [4.78, 5) is 11.8. The molecule has 0 unspecified atom stereocenters. The van der Waals surface area contributed by atoms with Crippen LogP contribution in [0.1, 0.15) is 18.1 Å². The molecule has 17 heavy (non-hydrogen) atoms. The maximum atomic E-state index is 11.8. The third kappa shape index (κ3) is 2.22. The third-order valence-electron chi connectivity index (χ3n) is 2.69. The minimum absolute atomic E-state index is 0.0690. The van der Waals surface area contributed by atoms with Crippen molar-refractivity contribution in [3.8, 4) is 0 Å². The Bertz CT molecular complexity index is 446. The summed E-state index contributed by atoms with van der Waals surface area (Å²) in [5.74, 6) is -0.664.